The summed E-state index contributed by atoms with van der Waals surface area (Å²) in [5.41, 5.74) is 0.933. The van der Waals surface area contributed by atoms with Crippen molar-refractivity contribution in [2.75, 3.05) is 26.7 Å². The zero-order valence-corrected chi connectivity index (χ0v) is 12.5. The molecule has 0 spiro atoms. The summed E-state index contributed by atoms with van der Waals surface area (Å²) in [7, 11) is 1.75. The Bertz CT molecular complexity index is 539. The fourth-order valence-corrected chi connectivity index (χ4v) is 2.71. The summed E-state index contributed by atoms with van der Waals surface area (Å²) < 4.78 is 0. The molecular formula is C15H21N3O3. The molecule has 6 nitrogen and oxygen atoms in total. The molecule has 1 atom stereocenters. The maximum Gasteiger partial charge on any atom is 0.273 e. The first-order chi connectivity index (χ1) is 9.99. The number of hydrogen-bond donors (Lipinski definition) is 1. The minimum Gasteiger partial charge on any atom is -0.341 e. The van der Waals surface area contributed by atoms with Crippen molar-refractivity contribution in [3.05, 3.63) is 39.4 Å². The van der Waals surface area contributed by atoms with Crippen LogP contribution in [0.2, 0.25) is 0 Å². The molecule has 1 amide bonds. The normalized spacial score (nSPS) is 18.3. The number of amides is 1. The molecule has 1 heterocycles. The Morgan fingerprint density at radius 1 is 1.52 bits per heavy atom. The van der Waals surface area contributed by atoms with E-state index < -0.39 is 4.92 Å². The van der Waals surface area contributed by atoms with E-state index in [1.807, 2.05) is 0 Å². The first kappa shape index (κ1) is 15.4. The number of carbonyl (C=O) groups is 1. The highest BCUT2D eigenvalue weighted by Crippen LogP contribution is 2.20. The van der Waals surface area contributed by atoms with E-state index in [1.165, 1.54) is 6.07 Å². The van der Waals surface area contributed by atoms with Crippen LogP contribution in [0.15, 0.2) is 18.2 Å². The van der Waals surface area contributed by atoms with Gasteiger partial charge in [-0.2, -0.15) is 0 Å². The molecule has 1 unspecified atom stereocenters. The van der Waals surface area contributed by atoms with Gasteiger partial charge >= 0.3 is 0 Å². The van der Waals surface area contributed by atoms with Gasteiger partial charge in [0, 0.05) is 30.8 Å². The zero-order chi connectivity index (χ0) is 15.4. The van der Waals surface area contributed by atoms with Gasteiger partial charge in [-0.25, -0.2) is 0 Å². The fourth-order valence-electron chi connectivity index (χ4n) is 2.71. The average molecular weight is 291 g/mol. The van der Waals surface area contributed by atoms with E-state index in [-0.39, 0.29) is 11.6 Å². The van der Waals surface area contributed by atoms with Crippen LogP contribution < -0.4 is 5.32 Å². The SMILES string of the molecule is Cc1ccc(C(=O)N(C)CC2CCCNC2)cc1[N+](=O)[O-]. The van der Waals surface area contributed by atoms with Crippen LogP contribution in [0.25, 0.3) is 0 Å². The molecule has 1 saturated heterocycles. The van der Waals surface area contributed by atoms with Gasteiger partial charge in [0.05, 0.1) is 4.92 Å². The van der Waals surface area contributed by atoms with E-state index in [9.17, 15) is 14.9 Å². The van der Waals surface area contributed by atoms with Gasteiger partial charge in [-0.15, -0.1) is 0 Å². The lowest BCUT2D eigenvalue weighted by Crippen LogP contribution is -2.39. The summed E-state index contributed by atoms with van der Waals surface area (Å²) in [5, 5.41) is 14.3. The number of benzene rings is 1. The lowest BCUT2D eigenvalue weighted by Gasteiger charge is -2.27. The predicted octanol–water partition coefficient (Wildman–Crippen LogP) is 1.97. The van der Waals surface area contributed by atoms with Crippen LogP contribution in [0, 0.1) is 23.0 Å². The van der Waals surface area contributed by atoms with E-state index in [0.717, 1.165) is 25.9 Å². The summed E-state index contributed by atoms with van der Waals surface area (Å²) in [6.45, 7) is 4.31. The number of carbonyl (C=O) groups excluding carboxylic acids is 1. The molecule has 21 heavy (non-hydrogen) atoms. The number of hydrogen-bond acceptors (Lipinski definition) is 4. The van der Waals surface area contributed by atoms with E-state index >= 15 is 0 Å². The number of piperidine rings is 1. The van der Waals surface area contributed by atoms with Crippen LogP contribution in [0.4, 0.5) is 5.69 Å². The molecule has 0 bridgehead atoms. The number of nitrogens with one attached hydrogen (secondary N) is 1. The van der Waals surface area contributed by atoms with E-state index in [0.29, 0.717) is 23.6 Å². The summed E-state index contributed by atoms with van der Waals surface area (Å²) in [6, 6.07) is 4.65. The van der Waals surface area contributed by atoms with Crippen molar-refractivity contribution in [2.24, 2.45) is 5.92 Å². The third-order valence-electron chi connectivity index (χ3n) is 3.93. The van der Waals surface area contributed by atoms with Crippen LogP contribution in [0.1, 0.15) is 28.8 Å². The van der Waals surface area contributed by atoms with Crippen molar-refractivity contribution in [2.45, 2.75) is 19.8 Å². The Labute approximate surface area is 124 Å². The molecule has 0 aromatic heterocycles. The first-order valence-corrected chi connectivity index (χ1v) is 7.20. The molecule has 1 aromatic carbocycles. The lowest BCUT2D eigenvalue weighted by atomic mass is 9.99. The summed E-state index contributed by atoms with van der Waals surface area (Å²) >= 11 is 0. The zero-order valence-electron chi connectivity index (χ0n) is 12.5. The van der Waals surface area contributed by atoms with Gasteiger partial charge in [0.1, 0.15) is 0 Å². The molecule has 0 aliphatic carbocycles. The summed E-state index contributed by atoms with van der Waals surface area (Å²) in [6.07, 6.45) is 2.24. The van der Waals surface area contributed by atoms with Crippen molar-refractivity contribution in [1.82, 2.24) is 10.2 Å². The Morgan fingerprint density at radius 3 is 2.90 bits per heavy atom. The van der Waals surface area contributed by atoms with E-state index in [4.69, 9.17) is 0 Å². The van der Waals surface area contributed by atoms with Gasteiger partial charge < -0.3 is 10.2 Å². The van der Waals surface area contributed by atoms with Gasteiger partial charge in [0.25, 0.3) is 11.6 Å². The second kappa shape index (κ2) is 6.67. The molecule has 114 valence electrons. The highest BCUT2D eigenvalue weighted by Gasteiger charge is 2.21. The maximum atomic E-state index is 12.4. The Balaban J connectivity index is 2.08. The first-order valence-electron chi connectivity index (χ1n) is 7.20. The Morgan fingerprint density at radius 2 is 2.29 bits per heavy atom. The second-order valence-corrected chi connectivity index (χ2v) is 5.66. The summed E-state index contributed by atoms with van der Waals surface area (Å²) in [4.78, 5) is 24.6. The van der Waals surface area contributed by atoms with E-state index in [1.54, 1.807) is 31.0 Å². The second-order valence-electron chi connectivity index (χ2n) is 5.66. The minimum atomic E-state index is -0.447. The number of nitrogens with zero attached hydrogens (tertiary/aromatic N) is 2. The number of nitro groups is 1. The lowest BCUT2D eigenvalue weighted by molar-refractivity contribution is -0.385. The van der Waals surface area contributed by atoms with Gasteiger partial charge in [-0.3, -0.25) is 14.9 Å². The molecular weight excluding hydrogens is 270 g/mol. The monoisotopic (exact) mass is 291 g/mol. The van der Waals surface area contributed by atoms with Crippen molar-refractivity contribution in [1.29, 1.82) is 0 Å². The van der Waals surface area contributed by atoms with Gasteiger partial charge in [-0.05, 0) is 44.8 Å². The quantitative estimate of drug-likeness (QED) is 0.680. The smallest absolute Gasteiger partial charge is 0.273 e. The van der Waals surface area contributed by atoms with Crippen molar-refractivity contribution >= 4 is 11.6 Å². The molecule has 6 heteroatoms. The largest absolute Gasteiger partial charge is 0.341 e. The molecule has 1 N–H and O–H groups in total. The van der Waals surface area contributed by atoms with Crippen molar-refractivity contribution in [3.8, 4) is 0 Å². The molecule has 1 aliphatic heterocycles. The number of aryl methyl sites for hydroxylation is 1. The average Bonchev–Trinajstić information content (AvgIpc) is 2.47. The van der Waals surface area contributed by atoms with Crippen LogP contribution >= 0.6 is 0 Å². The van der Waals surface area contributed by atoms with Crippen LogP contribution in [-0.4, -0.2) is 42.4 Å². The molecule has 1 aliphatic rings. The Hall–Kier alpha value is -1.95. The van der Waals surface area contributed by atoms with E-state index in [2.05, 4.69) is 5.32 Å². The maximum absolute atomic E-state index is 12.4. The van der Waals surface area contributed by atoms with Crippen LogP contribution in [0.5, 0.6) is 0 Å². The highest BCUT2D eigenvalue weighted by atomic mass is 16.6. The number of nitro benzene ring substituents is 1. The van der Waals surface area contributed by atoms with Gasteiger partial charge in [-0.1, -0.05) is 6.07 Å². The third-order valence-corrected chi connectivity index (χ3v) is 3.93. The topological polar surface area (TPSA) is 75.5 Å². The van der Waals surface area contributed by atoms with Gasteiger partial charge in [0.15, 0.2) is 0 Å². The highest BCUT2D eigenvalue weighted by molar-refractivity contribution is 5.94. The molecule has 0 saturated carbocycles. The fraction of sp³-hybridized carbons (Fsp3) is 0.533. The standard InChI is InChI=1S/C15H21N3O3/c1-11-5-6-13(8-14(11)18(20)21)15(19)17(2)10-12-4-3-7-16-9-12/h5-6,8,12,16H,3-4,7,9-10H2,1-2H3. The van der Waals surface area contributed by atoms with Crippen molar-refractivity contribution < 1.29 is 9.72 Å². The summed E-state index contributed by atoms with van der Waals surface area (Å²) in [5.74, 6) is 0.289. The third kappa shape index (κ3) is 3.78. The Kier molecular flexibility index (Phi) is 4.90. The number of rotatable bonds is 4. The molecule has 2 rings (SSSR count). The van der Waals surface area contributed by atoms with Gasteiger partial charge in [0.2, 0.25) is 0 Å². The predicted molar refractivity (Wildman–Crippen MR) is 80.4 cm³/mol. The van der Waals surface area contributed by atoms with Crippen molar-refractivity contribution in [3.63, 3.8) is 0 Å². The van der Waals surface area contributed by atoms with Crippen LogP contribution in [0.3, 0.4) is 0 Å². The van der Waals surface area contributed by atoms with Crippen LogP contribution in [-0.2, 0) is 0 Å². The minimum absolute atomic E-state index is 0.00594. The molecule has 1 fully saturated rings. The molecule has 0 radical (unpaired) electrons. The molecule has 1 aromatic rings.